The van der Waals surface area contributed by atoms with Crippen molar-refractivity contribution in [3.05, 3.63) is 17.2 Å². The number of carbonyl (C=O) groups excluding carboxylic acids is 6. The SMILES string of the molecule is CO[C@@H]1[C@H]2[C@H](N(C)C)C(=O)C(C(N)=O)C(=O)[C@@]2(O)C(=O)C2C(=O)c3c(O)c(NC(=O)CNC(C)(C)C)cc(N(C)C)c3C[C@H]21. The molecule has 0 aromatic heterocycles. The number of rotatable bonds is 7. The number of likely N-dealkylation sites (N-methyl/N-ethyl adjacent to an activating group) is 1. The smallest absolute Gasteiger partial charge is 0.238 e. The zero-order chi connectivity index (χ0) is 33.2. The number of phenols is 1. The van der Waals surface area contributed by atoms with Crippen LogP contribution in [0.5, 0.6) is 5.75 Å². The topological polar surface area (TPSA) is 209 Å². The van der Waals surface area contributed by atoms with Gasteiger partial charge in [-0.3, -0.25) is 33.7 Å². The molecule has 4 rings (SSSR count). The maximum atomic E-state index is 14.3. The van der Waals surface area contributed by atoms with Gasteiger partial charge in [0.05, 0.1) is 41.8 Å². The highest BCUT2D eigenvalue weighted by Gasteiger charge is 2.72. The number of Topliss-reactive ketones (excluding diaryl/α,β-unsaturated/α-hetero) is 4. The van der Waals surface area contributed by atoms with E-state index in [0.717, 1.165) is 0 Å². The van der Waals surface area contributed by atoms with Gasteiger partial charge in [-0.2, -0.15) is 0 Å². The van der Waals surface area contributed by atoms with Crippen LogP contribution in [-0.4, -0.2) is 115 Å². The number of nitrogens with zero attached hydrogens (tertiary/aromatic N) is 2. The maximum absolute atomic E-state index is 14.3. The lowest BCUT2D eigenvalue weighted by Gasteiger charge is -2.55. The number of nitrogens with two attached hydrogens (primary N) is 1. The van der Waals surface area contributed by atoms with Gasteiger partial charge in [-0.15, -0.1) is 0 Å². The number of amides is 2. The van der Waals surface area contributed by atoms with Crippen molar-refractivity contribution in [2.45, 2.75) is 50.5 Å². The van der Waals surface area contributed by atoms with Crippen molar-refractivity contribution in [2.75, 3.05) is 52.1 Å². The van der Waals surface area contributed by atoms with Crippen molar-refractivity contribution in [1.29, 1.82) is 0 Å². The fourth-order valence-electron chi connectivity index (χ4n) is 6.99. The van der Waals surface area contributed by atoms with Crippen LogP contribution in [0.3, 0.4) is 0 Å². The normalized spacial score (nSPS) is 30.0. The first-order chi connectivity index (χ1) is 20.3. The second-order valence-electron chi connectivity index (χ2n) is 13.3. The predicted octanol–water partition coefficient (Wildman–Crippen LogP) is -1.12. The number of nitrogens with one attached hydrogen (secondary N) is 2. The molecule has 7 atom stereocenters. The summed E-state index contributed by atoms with van der Waals surface area (Å²) in [6.07, 6.45) is -1.18. The number of carbonyl (C=O) groups is 6. The van der Waals surface area contributed by atoms with Crippen LogP contribution in [-0.2, 0) is 35.1 Å². The standard InChI is InChI=1S/C30H41N5O9/c1-29(2,3)32-11-16(36)33-14-10-15(34(4)5)12-9-13-18(23(38)17(12)22(14)37)26(40)30(43)20(25(13)44-8)21(35(6)7)24(39)19(27(30)41)28(31)42/h10,13,18-21,25,32,37,43H,9,11H2,1-8H3,(H2,31,42)(H,33,36)/t13-,18?,19?,20-,21+,25+,30+/m1/s1. The van der Waals surface area contributed by atoms with E-state index in [0.29, 0.717) is 11.3 Å². The number of ketones is 4. The first-order valence-electron chi connectivity index (χ1n) is 14.3. The van der Waals surface area contributed by atoms with Gasteiger partial charge in [0.2, 0.25) is 11.8 Å². The summed E-state index contributed by atoms with van der Waals surface area (Å²) in [4.78, 5) is 83.6. The van der Waals surface area contributed by atoms with E-state index >= 15 is 0 Å². The van der Waals surface area contributed by atoms with Crippen LogP contribution >= 0.6 is 0 Å². The summed E-state index contributed by atoms with van der Waals surface area (Å²) in [5, 5.41) is 28.9. The second kappa shape index (κ2) is 11.3. The number of primary amides is 1. The van der Waals surface area contributed by atoms with Gasteiger partial charge >= 0.3 is 0 Å². The molecule has 0 heterocycles. The molecule has 6 N–H and O–H groups in total. The molecular weight excluding hydrogens is 574 g/mol. The Morgan fingerprint density at radius 3 is 2.23 bits per heavy atom. The monoisotopic (exact) mass is 615 g/mol. The molecule has 1 aromatic rings. The number of hydrogen-bond donors (Lipinski definition) is 5. The average molecular weight is 616 g/mol. The molecule has 3 aliphatic carbocycles. The van der Waals surface area contributed by atoms with Crippen LogP contribution in [0.4, 0.5) is 11.4 Å². The maximum Gasteiger partial charge on any atom is 0.238 e. The van der Waals surface area contributed by atoms with Gasteiger partial charge in [-0.05, 0) is 52.9 Å². The minimum atomic E-state index is -2.96. The number of ether oxygens (including phenoxy) is 1. The Bertz CT molecular complexity index is 1450. The van der Waals surface area contributed by atoms with Crippen LogP contribution < -0.4 is 21.3 Å². The van der Waals surface area contributed by atoms with Crippen molar-refractivity contribution in [3.63, 3.8) is 0 Å². The third-order valence-corrected chi connectivity index (χ3v) is 8.90. The molecule has 0 saturated heterocycles. The van der Waals surface area contributed by atoms with Gasteiger partial charge in [0.15, 0.2) is 34.7 Å². The van der Waals surface area contributed by atoms with Crippen LogP contribution in [0.1, 0.15) is 36.7 Å². The summed E-state index contributed by atoms with van der Waals surface area (Å²) >= 11 is 0. The van der Waals surface area contributed by atoms with Crippen molar-refractivity contribution >= 4 is 46.3 Å². The minimum absolute atomic E-state index is 0.00871. The Morgan fingerprint density at radius 1 is 1.11 bits per heavy atom. The molecule has 0 aliphatic heterocycles. The van der Waals surface area contributed by atoms with E-state index < -0.39 is 82.1 Å². The number of phenolic OH excluding ortho intramolecular Hbond substituents is 1. The summed E-state index contributed by atoms with van der Waals surface area (Å²) in [6.45, 7) is 5.54. The quantitative estimate of drug-likeness (QED) is 0.183. The predicted molar refractivity (Wildman–Crippen MR) is 158 cm³/mol. The molecule has 0 spiro atoms. The molecule has 240 valence electrons. The van der Waals surface area contributed by atoms with E-state index in [4.69, 9.17) is 10.5 Å². The molecule has 14 heteroatoms. The molecule has 2 fully saturated rings. The highest BCUT2D eigenvalue weighted by molar-refractivity contribution is 6.32. The molecule has 2 unspecified atom stereocenters. The lowest BCUT2D eigenvalue weighted by atomic mass is 9.51. The van der Waals surface area contributed by atoms with Crippen LogP contribution in [0.2, 0.25) is 0 Å². The molecule has 14 nitrogen and oxygen atoms in total. The van der Waals surface area contributed by atoms with E-state index in [-0.39, 0.29) is 29.8 Å². The highest BCUT2D eigenvalue weighted by Crippen LogP contribution is 2.53. The third-order valence-electron chi connectivity index (χ3n) is 8.90. The minimum Gasteiger partial charge on any atom is -0.505 e. The Balaban J connectivity index is 1.89. The Hall–Kier alpha value is -3.72. The van der Waals surface area contributed by atoms with Crippen molar-refractivity contribution in [1.82, 2.24) is 10.2 Å². The lowest BCUT2D eigenvalue weighted by molar-refractivity contribution is -0.198. The van der Waals surface area contributed by atoms with Gasteiger partial charge in [-0.25, -0.2) is 0 Å². The summed E-state index contributed by atoms with van der Waals surface area (Å²) < 4.78 is 5.79. The Kier molecular flexibility index (Phi) is 8.54. The van der Waals surface area contributed by atoms with Crippen molar-refractivity contribution in [3.8, 4) is 5.75 Å². The molecule has 1 aromatic carbocycles. The van der Waals surface area contributed by atoms with Crippen LogP contribution in [0.15, 0.2) is 6.07 Å². The van der Waals surface area contributed by atoms with Gasteiger partial charge in [0.1, 0.15) is 5.75 Å². The zero-order valence-corrected chi connectivity index (χ0v) is 26.2. The van der Waals surface area contributed by atoms with Gasteiger partial charge < -0.3 is 36.2 Å². The van der Waals surface area contributed by atoms with E-state index in [2.05, 4.69) is 10.6 Å². The summed E-state index contributed by atoms with van der Waals surface area (Å²) in [5.41, 5.74) is 2.61. The van der Waals surface area contributed by atoms with Crippen molar-refractivity contribution in [2.24, 2.45) is 29.4 Å². The lowest BCUT2D eigenvalue weighted by Crippen LogP contribution is -2.77. The first kappa shape index (κ1) is 33.2. The van der Waals surface area contributed by atoms with Crippen LogP contribution in [0, 0.1) is 23.7 Å². The fourth-order valence-corrected chi connectivity index (χ4v) is 6.99. The van der Waals surface area contributed by atoms with Crippen molar-refractivity contribution < 1.29 is 43.7 Å². The molecule has 2 amide bonds. The molecule has 3 aliphatic rings. The third kappa shape index (κ3) is 5.09. The number of anilines is 2. The number of aliphatic hydroxyl groups is 1. The summed E-state index contributed by atoms with van der Waals surface area (Å²) in [6, 6.07) is 0.204. The van der Waals surface area contributed by atoms with Gasteiger partial charge in [-0.1, -0.05) is 0 Å². The highest BCUT2D eigenvalue weighted by atomic mass is 16.5. The fraction of sp³-hybridized carbons (Fsp3) is 0.600. The van der Waals surface area contributed by atoms with Gasteiger partial charge in [0.25, 0.3) is 0 Å². The molecule has 44 heavy (non-hydrogen) atoms. The number of hydrogen-bond acceptors (Lipinski definition) is 12. The molecule has 0 bridgehead atoms. The number of benzene rings is 1. The Morgan fingerprint density at radius 2 is 1.73 bits per heavy atom. The average Bonchev–Trinajstić information content (AvgIpc) is 2.90. The number of fused-ring (bicyclic) bond motifs is 3. The van der Waals surface area contributed by atoms with E-state index in [9.17, 15) is 39.0 Å². The molecule has 2 saturated carbocycles. The first-order valence-corrected chi connectivity index (χ1v) is 14.3. The largest absolute Gasteiger partial charge is 0.505 e. The number of methoxy groups -OCH3 is 1. The van der Waals surface area contributed by atoms with Crippen LogP contribution in [0.25, 0.3) is 0 Å². The van der Waals surface area contributed by atoms with E-state index in [1.54, 1.807) is 19.0 Å². The second-order valence-corrected chi connectivity index (χ2v) is 13.3. The summed E-state index contributed by atoms with van der Waals surface area (Å²) in [7, 11) is 7.69. The zero-order valence-electron chi connectivity index (χ0n) is 26.2. The van der Waals surface area contributed by atoms with E-state index in [1.165, 1.54) is 32.2 Å². The number of aromatic hydroxyl groups is 1. The summed E-state index contributed by atoms with van der Waals surface area (Å²) in [5.74, 6) is -12.9. The van der Waals surface area contributed by atoms with Gasteiger partial charge in [0, 0.05) is 38.3 Å². The van der Waals surface area contributed by atoms with E-state index in [1.807, 2.05) is 20.8 Å². The molecular formula is C30H41N5O9. The molecule has 0 radical (unpaired) electrons. The Labute approximate surface area is 255 Å².